The zero-order chi connectivity index (χ0) is 13.9. The van der Waals surface area contributed by atoms with Crippen LogP contribution in [0.5, 0.6) is 0 Å². The van der Waals surface area contributed by atoms with Gasteiger partial charge in [0.05, 0.1) is 5.56 Å². The Morgan fingerprint density at radius 3 is 2.75 bits per heavy atom. The van der Waals surface area contributed by atoms with E-state index in [0.717, 1.165) is 30.9 Å². The largest absolute Gasteiger partial charge is 0.384 e. The number of aromatic nitrogens is 1. The number of rotatable bonds is 3. The van der Waals surface area contributed by atoms with Gasteiger partial charge in [-0.3, -0.25) is 5.41 Å². The van der Waals surface area contributed by atoms with Crippen LogP contribution in [-0.2, 0) is 0 Å². The molecule has 0 radical (unpaired) electrons. The number of nitrogens with two attached hydrogens (primary N) is 1. The molecule has 2 heterocycles. The van der Waals surface area contributed by atoms with Gasteiger partial charge in [0.25, 0.3) is 0 Å². The summed E-state index contributed by atoms with van der Waals surface area (Å²) in [7, 11) is 0. The number of amidine groups is 1. The average Bonchev–Trinajstić information content (AvgIpc) is 2.98. The maximum Gasteiger partial charge on any atom is 0.139 e. The second-order valence-electron chi connectivity index (χ2n) is 5.13. The van der Waals surface area contributed by atoms with Crippen LogP contribution in [0.2, 0.25) is 0 Å². The second-order valence-corrected chi connectivity index (χ2v) is 5.13. The minimum Gasteiger partial charge on any atom is -0.384 e. The monoisotopic (exact) mass is 266 g/mol. The molecule has 0 spiro atoms. The Balaban J connectivity index is 1.83. The molecule has 0 aliphatic carbocycles. The summed E-state index contributed by atoms with van der Waals surface area (Å²) in [6, 6.07) is 14.3. The van der Waals surface area contributed by atoms with E-state index in [9.17, 15) is 0 Å². The first-order valence-corrected chi connectivity index (χ1v) is 6.85. The Morgan fingerprint density at radius 1 is 1.20 bits per heavy atom. The standard InChI is InChI=1S/C16H18N4/c17-15(18)14-7-4-9-19-16(14)20-10-8-13(11-20)12-5-2-1-3-6-12/h1-7,9,13H,8,10-11H2,(H3,17,18). The number of pyridine rings is 1. The molecule has 20 heavy (non-hydrogen) atoms. The first-order valence-electron chi connectivity index (χ1n) is 6.85. The van der Waals surface area contributed by atoms with Crippen molar-refractivity contribution < 1.29 is 0 Å². The molecule has 0 saturated carbocycles. The van der Waals surface area contributed by atoms with Crippen molar-refractivity contribution in [3.63, 3.8) is 0 Å². The van der Waals surface area contributed by atoms with E-state index in [1.807, 2.05) is 18.2 Å². The topological polar surface area (TPSA) is 66.0 Å². The SMILES string of the molecule is N=C(N)c1cccnc1N1CCC(c2ccccc2)C1. The Bertz CT molecular complexity index is 609. The van der Waals surface area contributed by atoms with Crippen molar-refractivity contribution in [2.24, 2.45) is 5.73 Å². The summed E-state index contributed by atoms with van der Waals surface area (Å²) in [5, 5.41) is 7.67. The van der Waals surface area contributed by atoms with Crippen LogP contribution in [0.3, 0.4) is 0 Å². The molecule has 1 aliphatic heterocycles. The van der Waals surface area contributed by atoms with Gasteiger partial charge in [-0.1, -0.05) is 30.3 Å². The third kappa shape index (κ3) is 2.37. The molecule has 1 aromatic carbocycles. The summed E-state index contributed by atoms with van der Waals surface area (Å²) < 4.78 is 0. The molecule has 2 aromatic rings. The van der Waals surface area contributed by atoms with E-state index >= 15 is 0 Å². The third-order valence-electron chi connectivity index (χ3n) is 3.84. The lowest BCUT2D eigenvalue weighted by Gasteiger charge is -2.20. The quantitative estimate of drug-likeness (QED) is 0.662. The molecule has 1 unspecified atom stereocenters. The first kappa shape index (κ1) is 12.7. The lowest BCUT2D eigenvalue weighted by atomic mass is 9.99. The number of anilines is 1. The molecule has 4 nitrogen and oxygen atoms in total. The van der Waals surface area contributed by atoms with Gasteiger partial charge < -0.3 is 10.6 Å². The first-order chi connectivity index (χ1) is 9.75. The number of nitrogens with one attached hydrogen (secondary N) is 1. The van der Waals surface area contributed by atoms with Gasteiger partial charge in [-0.15, -0.1) is 0 Å². The highest BCUT2D eigenvalue weighted by molar-refractivity contribution is 5.99. The third-order valence-corrected chi connectivity index (χ3v) is 3.84. The predicted molar refractivity (Wildman–Crippen MR) is 81.3 cm³/mol. The van der Waals surface area contributed by atoms with E-state index < -0.39 is 0 Å². The van der Waals surface area contributed by atoms with Crippen molar-refractivity contribution in [2.45, 2.75) is 12.3 Å². The summed E-state index contributed by atoms with van der Waals surface area (Å²) in [5.41, 5.74) is 7.74. The molecule has 4 heteroatoms. The molecule has 1 fully saturated rings. The van der Waals surface area contributed by atoms with Crippen molar-refractivity contribution in [2.75, 3.05) is 18.0 Å². The molecule has 1 aromatic heterocycles. The minimum absolute atomic E-state index is 0.0799. The lowest BCUT2D eigenvalue weighted by Crippen LogP contribution is -2.25. The molecule has 3 N–H and O–H groups in total. The number of hydrogen-bond donors (Lipinski definition) is 2. The van der Waals surface area contributed by atoms with Gasteiger partial charge in [-0.05, 0) is 24.1 Å². The minimum atomic E-state index is 0.0799. The van der Waals surface area contributed by atoms with E-state index in [2.05, 4.69) is 34.1 Å². The Hall–Kier alpha value is -2.36. The Labute approximate surface area is 118 Å². The van der Waals surface area contributed by atoms with Crippen molar-refractivity contribution in [3.05, 3.63) is 59.8 Å². The lowest BCUT2D eigenvalue weighted by molar-refractivity contribution is 0.774. The zero-order valence-corrected chi connectivity index (χ0v) is 11.3. The van der Waals surface area contributed by atoms with Crippen LogP contribution in [0, 0.1) is 5.41 Å². The number of benzene rings is 1. The number of nitrogens with zero attached hydrogens (tertiary/aromatic N) is 2. The fraction of sp³-hybridized carbons (Fsp3) is 0.250. The van der Waals surface area contributed by atoms with Gasteiger partial charge >= 0.3 is 0 Å². The summed E-state index contributed by atoms with van der Waals surface area (Å²) in [4.78, 5) is 6.65. The molecular weight excluding hydrogens is 248 g/mol. The summed E-state index contributed by atoms with van der Waals surface area (Å²) in [6.07, 6.45) is 2.87. The average molecular weight is 266 g/mol. The van der Waals surface area contributed by atoms with Crippen LogP contribution >= 0.6 is 0 Å². The summed E-state index contributed by atoms with van der Waals surface area (Å²) in [5.74, 6) is 1.44. The van der Waals surface area contributed by atoms with Gasteiger partial charge in [0, 0.05) is 25.2 Å². The number of hydrogen-bond acceptors (Lipinski definition) is 3. The maximum absolute atomic E-state index is 7.67. The summed E-state index contributed by atoms with van der Waals surface area (Å²) >= 11 is 0. The summed E-state index contributed by atoms with van der Waals surface area (Å²) in [6.45, 7) is 1.89. The number of nitrogen functional groups attached to an aromatic ring is 1. The molecule has 102 valence electrons. The smallest absolute Gasteiger partial charge is 0.139 e. The van der Waals surface area contributed by atoms with Crippen LogP contribution in [0.4, 0.5) is 5.82 Å². The molecule has 1 aliphatic rings. The molecule has 0 bridgehead atoms. The normalized spacial score (nSPS) is 18.2. The van der Waals surface area contributed by atoms with Gasteiger partial charge in [0.1, 0.15) is 11.7 Å². The molecule has 1 saturated heterocycles. The highest BCUT2D eigenvalue weighted by atomic mass is 15.2. The molecule has 3 rings (SSSR count). The molecule has 1 atom stereocenters. The Morgan fingerprint density at radius 2 is 2.00 bits per heavy atom. The van der Waals surface area contributed by atoms with Crippen LogP contribution in [0.15, 0.2) is 48.7 Å². The van der Waals surface area contributed by atoms with E-state index in [4.69, 9.17) is 11.1 Å². The van der Waals surface area contributed by atoms with Crippen LogP contribution in [0.25, 0.3) is 0 Å². The molecular formula is C16H18N4. The maximum atomic E-state index is 7.67. The highest BCUT2D eigenvalue weighted by Crippen LogP contribution is 2.30. The van der Waals surface area contributed by atoms with Gasteiger partial charge in [0.2, 0.25) is 0 Å². The highest BCUT2D eigenvalue weighted by Gasteiger charge is 2.26. The van der Waals surface area contributed by atoms with Gasteiger partial charge in [-0.25, -0.2) is 4.98 Å². The predicted octanol–water partition coefficient (Wildman–Crippen LogP) is 2.36. The van der Waals surface area contributed by atoms with Gasteiger partial charge in [-0.2, -0.15) is 0 Å². The Kier molecular flexibility index (Phi) is 3.37. The molecule has 0 amide bonds. The fourth-order valence-corrected chi connectivity index (χ4v) is 2.81. The van der Waals surface area contributed by atoms with Crippen LogP contribution < -0.4 is 10.6 Å². The van der Waals surface area contributed by atoms with Crippen molar-refractivity contribution in [1.29, 1.82) is 5.41 Å². The zero-order valence-electron chi connectivity index (χ0n) is 11.3. The van der Waals surface area contributed by atoms with E-state index in [0.29, 0.717) is 5.92 Å². The fourth-order valence-electron chi connectivity index (χ4n) is 2.81. The van der Waals surface area contributed by atoms with Gasteiger partial charge in [0.15, 0.2) is 0 Å². The van der Waals surface area contributed by atoms with E-state index in [1.54, 1.807) is 6.20 Å². The van der Waals surface area contributed by atoms with Crippen LogP contribution in [-0.4, -0.2) is 23.9 Å². The van der Waals surface area contributed by atoms with Crippen molar-refractivity contribution in [3.8, 4) is 0 Å². The van der Waals surface area contributed by atoms with Crippen molar-refractivity contribution >= 4 is 11.7 Å². The second kappa shape index (κ2) is 5.33. The van der Waals surface area contributed by atoms with E-state index in [-0.39, 0.29) is 5.84 Å². The van der Waals surface area contributed by atoms with Crippen LogP contribution in [0.1, 0.15) is 23.5 Å². The van der Waals surface area contributed by atoms with Crippen molar-refractivity contribution in [1.82, 2.24) is 4.98 Å². The van der Waals surface area contributed by atoms with E-state index in [1.165, 1.54) is 5.56 Å².